The molecule has 4 heteroatoms. The summed E-state index contributed by atoms with van der Waals surface area (Å²) in [7, 11) is 0. The predicted octanol–water partition coefficient (Wildman–Crippen LogP) is 1.91. The molecule has 0 radical (unpaired) electrons. The maximum atomic E-state index is 12.0. The van der Waals surface area contributed by atoms with Crippen LogP contribution in [0.15, 0.2) is 0 Å². The van der Waals surface area contributed by atoms with Crippen LogP contribution >= 0.6 is 0 Å². The molecule has 0 rings (SSSR count). The topological polar surface area (TPSA) is 56.1 Å². The Morgan fingerprint density at radius 2 is 1.88 bits per heavy atom. The Bertz CT molecular complexity index is 286. The van der Waals surface area contributed by atoms with Crippen molar-refractivity contribution < 1.29 is 4.79 Å². The number of nitrogens with zero attached hydrogens (tertiary/aromatic N) is 2. The molecule has 0 saturated heterocycles. The van der Waals surface area contributed by atoms with Gasteiger partial charge in [0.15, 0.2) is 0 Å². The second-order valence-corrected chi connectivity index (χ2v) is 5.65. The molecule has 0 aromatic carbocycles. The lowest BCUT2D eigenvalue weighted by atomic mass is 10.1. The number of carbonyl (C=O) groups is 1. The first kappa shape index (κ1) is 15.9. The minimum atomic E-state index is -0.219. The van der Waals surface area contributed by atoms with Crippen molar-refractivity contribution in [2.24, 2.45) is 0 Å². The molecular weight excluding hydrogens is 214 g/mol. The Hall–Kier alpha value is -1.08. The molecule has 0 aromatic heterocycles. The van der Waals surface area contributed by atoms with E-state index in [2.05, 4.69) is 11.4 Å². The highest BCUT2D eigenvalue weighted by Crippen LogP contribution is 2.08. The van der Waals surface area contributed by atoms with Crippen molar-refractivity contribution in [1.82, 2.24) is 10.2 Å². The summed E-state index contributed by atoms with van der Waals surface area (Å²) in [5, 5.41) is 11.6. The quantitative estimate of drug-likeness (QED) is 0.797. The summed E-state index contributed by atoms with van der Waals surface area (Å²) in [5.74, 6) is 0.0177. The van der Waals surface area contributed by atoms with Gasteiger partial charge in [0.2, 0.25) is 5.91 Å². The van der Waals surface area contributed by atoms with E-state index in [1.165, 1.54) is 0 Å². The van der Waals surface area contributed by atoms with Crippen molar-refractivity contribution in [3.8, 4) is 6.07 Å². The molecule has 1 N–H and O–H groups in total. The third kappa shape index (κ3) is 6.28. The molecule has 1 amide bonds. The second-order valence-electron chi connectivity index (χ2n) is 5.65. The van der Waals surface area contributed by atoms with E-state index in [-0.39, 0.29) is 23.5 Å². The van der Waals surface area contributed by atoms with Gasteiger partial charge in [-0.05, 0) is 41.5 Å². The Labute approximate surface area is 105 Å². The summed E-state index contributed by atoms with van der Waals surface area (Å²) in [5.41, 5.74) is -0.219. The average Bonchev–Trinajstić information content (AvgIpc) is 2.14. The van der Waals surface area contributed by atoms with Crippen molar-refractivity contribution in [2.75, 3.05) is 6.54 Å². The average molecular weight is 239 g/mol. The van der Waals surface area contributed by atoms with E-state index in [0.29, 0.717) is 13.0 Å². The number of carbonyl (C=O) groups excluding carboxylic acids is 1. The molecule has 0 aliphatic rings. The van der Waals surface area contributed by atoms with Crippen LogP contribution in [-0.2, 0) is 4.79 Å². The van der Waals surface area contributed by atoms with Gasteiger partial charge in [0, 0.05) is 24.5 Å². The van der Waals surface area contributed by atoms with Crippen LogP contribution in [0, 0.1) is 11.3 Å². The molecule has 1 unspecified atom stereocenters. The van der Waals surface area contributed by atoms with Crippen LogP contribution in [0.25, 0.3) is 0 Å². The molecule has 0 aliphatic heterocycles. The SMILES string of the molecule is CC(C)N(CCC#N)C(C)C(=O)NC(C)(C)C. The summed E-state index contributed by atoms with van der Waals surface area (Å²) in [6.45, 7) is 12.5. The minimum absolute atomic E-state index is 0.0177. The van der Waals surface area contributed by atoms with Crippen LogP contribution in [0.2, 0.25) is 0 Å². The highest BCUT2D eigenvalue weighted by atomic mass is 16.2. The van der Waals surface area contributed by atoms with Gasteiger partial charge in [-0.25, -0.2) is 0 Å². The summed E-state index contributed by atoms with van der Waals surface area (Å²) in [6, 6.07) is 2.17. The van der Waals surface area contributed by atoms with Crippen molar-refractivity contribution in [1.29, 1.82) is 5.26 Å². The minimum Gasteiger partial charge on any atom is -0.350 e. The second kappa shape index (κ2) is 6.61. The molecule has 0 aromatic rings. The molecule has 0 saturated carbocycles. The van der Waals surface area contributed by atoms with Crippen LogP contribution in [0.4, 0.5) is 0 Å². The van der Waals surface area contributed by atoms with E-state index in [0.717, 1.165) is 0 Å². The smallest absolute Gasteiger partial charge is 0.237 e. The highest BCUT2D eigenvalue weighted by Gasteiger charge is 2.25. The lowest BCUT2D eigenvalue weighted by Gasteiger charge is -2.33. The summed E-state index contributed by atoms with van der Waals surface area (Å²) < 4.78 is 0. The molecular formula is C13H25N3O. The molecule has 98 valence electrons. The molecule has 0 aliphatic carbocycles. The Kier molecular flexibility index (Phi) is 6.19. The van der Waals surface area contributed by atoms with E-state index in [4.69, 9.17) is 5.26 Å². The maximum Gasteiger partial charge on any atom is 0.237 e. The number of hydrogen-bond donors (Lipinski definition) is 1. The molecule has 4 nitrogen and oxygen atoms in total. The van der Waals surface area contributed by atoms with Crippen LogP contribution in [-0.4, -0.2) is 35.0 Å². The first-order valence-corrected chi connectivity index (χ1v) is 6.13. The molecule has 0 heterocycles. The van der Waals surface area contributed by atoms with Gasteiger partial charge in [-0.15, -0.1) is 0 Å². The molecule has 0 bridgehead atoms. The van der Waals surface area contributed by atoms with E-state index in [9.17, 15) is 4.79 Å². The van der Waals surface area contributed by atoms with Gasteiger partial charge in [-0.2, -0.15) is 5.26 Å². The first-order chi connectivity index (χ1) is 7.69. The van der Waals surface area contributed by atoms with Crippen molar-refractivity contribution in [2.45, 2.75) is 65.6 Å². The van der Waals surface area contributed by atoms with Crippen LogP contribution < -0.4 is 5.32 Å². The number of hydrogen-bond acceptors (Lipinski definition) is 3. The normalized spacial score (nSPS) is 13.6. The fraction of sp³-hybridized carbons (Fsp3) is 0.846. The van der Waals surface area contributed by atoms with E-state index < -0.39 is 0 Å². The fourth-order valence-electron chi connectivity index (χ4n) is 1.70. The van der Waals surface area contributed by atoms with Gasteiger partial charge in [0.1, 0.15) is 0 Å². The Morgan fingerprint density at radius 3 is 2.24 bits per heavy atom. The Balaban J connectivity index is 4.56. The van der Waals surface area contributed by atoms with Gasteiger partial charge in [0.25, 0.3) is 0 Å². The van der Waals surface area contributed by atoms with Crippen molar-refractivity contribution >= 4 is 5.91 Å². The van der Waals surface area contributed by atoms with Gasteiger partial charge in [0.05, 0.1) is 12.1 Å². The van der Waals surface area contributed by atoms with Gasteiger partial charge in [-0.1, -0.05) is 0 Å². The van der Waals surface area contributed by atoms with Gasteiger partial charge in [-0.3, -0.25) is 9.69 Å². The van der Waals surface area contributed by atoms with E-state index in [1.807, 2.05) is 46.4 Å². The predicted molar refractivity (Wildman–Crippen MR) is 69.4 cm³/mol. The van der Waals surface area contributed by atoms with Gasteiger partial charge < -0.3 is 5.32 Å². The van der Waals surface area contributed by atoms with Crippen molar-refractivity contribution in [3.05, 3.63) is 0 Å². The zero-order chi connectivity index (χ0) is 13.6. The standard InChI is InChI=1S/C13H25N3O/c1-10(2)16(9-7-8-14)11(3)12(17)15-13(4,5)6/h10-11H,7,9H2,1-6H3,(H,15,17). The number of rotatable bonds is 5. The van der Waals surface area contributed by atoms with E-state index >= 15 is 0 Å². The third-order valence-electron chi connectivity index (χ3n) is 2.52. The number of amides is 1. The van der Waals surface area contributed by atoms with Crippen LogP contribution in [0.1, 0.15) is 48.0 Å². The molecule has 0 fully saturated rings. The first-order valence-electron chi connectivity index (χ1n) is 6.13. The fourth-order valence-corrected chi connectivity index (χ4v) is 1.70. The van der Waals surface area contributed by atoms with Crippen LogP contribution in [0.3, 0.4) is 0 Å². The lowest BCUT2D eigenvalue weighted by Crippen LogP contribution is -2.52. The molecule has 0 spiro atoms. The molecule has 1 atom stereocenters. The summed E-state index contributed by atoms with van der Waals surface area (Å²) >= 11 is 0. The third-order valence-corrected chi connectivity index (χ3v) is 2.52. The number of nitrogens with one attached hydrogen (secondary N) is 1. The van der Waals surface area contributed by atoms with E-state index in [1.54, 1.807) is 0 Å². The highest BCUT2D eigenvalue weighted by molar-refractivity contribution is 5.82. The monoisotopic (exact) mass is 239 g/mol. The van der Waals surface area contributed by atoms with Crippen molar-refractivity contribution in [3.63, 3.8) is 0 Å². The zero-order valence-corrected chi connectivity index (χ0v) is 11.9. The maximum absolute atomic E-state index is 12.0. The summed E-state index contributed by atoms with van der Waals surface area (Å²) in [6.07, 6.45) is 0.450. The molecule has 17 heavy (non-hydrogen) atoms. The zero-order valence-electron chi connectivity index (χ0n) is 11.9. The summed E-state index contributed by atoms with van der Waals surface area (Å²) in [4.78, 5) is 14.1. The van der Waals surface area contributed by atoms with Gasteiger partial charge >= 0.3 is 0 Å². The Morgan fingerprint density at radius 1 is 1.35 bits per heavy atom. The number of nitriles is 1. The lowest BCUT2D eigenvalue weighted by molar-refractivity contribution is -0.128. The largest absolute Gasteiger partial charge is 0.350 e. The van der Waals surface area contributed by atoms with Crippen LogP contribution in [0.5, 0.6) is 0 Å².